The van der Waals surface area contributed by atoms with Crippen LogP contribution in [0.5, 0.6) is 0 Å². The largest absolute Gasteiger partial charge is 0.388 e. The number of halogens is 4. The van der Waals surface area contributed by atoms with Crippen molar-refractivity contribution in [2.24, 2.45) is 0 Å². The van der Waals surface area contributed by atoms with E-state index in [4.69, 9.17) is 11.6 Å². The molecule has 1 unspecified atom stereocenters. The molecule has 0 aromatic heterocycles. The van der Waals surface area contributed by atoms with Gasteiger partial charge in [-0.1, -0.05) is 29.8 Å². The van der Waals surface area contributed by atoms with Crippen molar-refractivity contribution in [3.8, 4) is 0 Å². The minimum atomic E-state index is -1.07. The average molecular weight is 362 g/mol. The minimum absolute atomic E-state index is 0.163. The molecule has 2 rings (SSSR count). The summed E-state index contributed by atoms with van der Waals surface area (Å²) in [6, 6.07) is 7.65. The third-order valence-corrected chi connectivity index (χ3v) is 4.25. The predicted octanol–water partition coefficient (Wildman–Crippen LogP) is 4.97. The van der Waals surface area contributed by atoms with Gasteiger partial charge in [-0.15, -0.1) is 0 Å². The number of benzene rings is 2. The second-order valence-electron chi connectivity index (χ2n) is 4.52. The molecule has 2 aromatic carbocycles. The van der Waals surface area contributed by atoms with Crippen LogP contribution >= 0.6 is 27.5 Å². The number of hydrogen-bond donors (Lipinski definition) is 1. The Labute approximate surface area is 129 Å². The summed E-state index contributed by atoms with van der Waals surface area (Å²) in [5.41, 5.74) is 1.10. The highest BCUT2D eigenvalue weighted by atomic mass is 79.9. The average Bonchev–Trinajstić information content (AvgIpc) is 2.42. The number of rotatable bonds is 3. The molecular formula is C15H12BrClF2O. The van der Waals surface area contributed by atoms with Crippen molar-refractivity contribution in [2.45, 2.75) is 19.4 Å². The highest BCUT2D eigenvalue weighted by Crippen LogP contribution is 2.31. The van der Waals surface area contributed by atoms with Crippen molar-refractivity contribution in [3.05, 3.63) is 68.2 Å². The van der Waals surface area contributed by atoms with Crippen LogP contribution in [0.4, 0.5) is 8.78 Å². The fourth-order valence-electron chi connectivity index (χ4n) is 1.99. The van der Waals surface area contributed by atoms with Gasteiger partial charge < -0.3 is 5.11 Å². The van der Waals surface area contributed by atoms with E-state index in [9.17, 15) is 13.9 Å². The standard InChI is InChI=1S/C15H12BrClF2O/c1-8-3-2-4-9(14(8)17)13(20)7-10-12(18)6-5-11(16)15(10)19/h2-6,13,20H,7H2,1H3. The van der Waals surface area contributed by atoms with Crippen LogP contribution in [-0.4, -0.2) is 5.11 Å². The van der Waals surface area contributed by atoms with Crippen LogP contribution in [0.2, 0.25) is 5.02 Å². The highest BCUT2D eigenvalue weighted by Gasteiger charge is 2.19. The number of aliphatic hydroxyl groups excluding tert-OH is 1. The summed E-state index contributed by atoms with van der Waals surface area (Å²) < 4.78 is 27.7. The number of aryl methyl sites for hydroxylation is 1. The molecule has 1 N–H and O–H groups in total. The number of aliphatic hydroxyl groups is 1. The minimum Gasteiger partial charge on any atom is -0.388 e. The molecule has 0 aliphatic rings. The van der Waals surface area contributed by atoms with Gasteiger partial charge in [0.05, 0.1) is 10.6 Å². The van der Waals surface area contributed by atoms with Crippen molar-refractivity contribution < 1.29 is 13.9 Å². The third kappa shape index (κ3) is 3.03. The maximum absolute atomic E-state index is 13.9. The van der Waals surface area contributed by atoms with Crippen molar-refractivity contribution in [3.63, 3.8) is 0 Å². The van der Waals surface area contributed by atoms with Crippen LogP contribution in [-0.2, 0) is 6.42 Å². The van der Waals surface area contributed by atoms with Crippen LogP contribution < -0.4 is 0 Å². The summed E-state index contributed by atoms with van der Waals surface area (Å²) in [5, 5.41) is 10.6. The van der Waals surface area contributed by atoms with Gasteiger partial charge in [0, 0.05) is 17.0 Å². The van der Waals surface area contributed by atoms with Crippen molar-refractivity contribution >= 4 is 27.5 Å². The van der Waals surface area contributed by atoms with E-state index in [0.717, 1.165) is 11.6 Å². The molecule has 0 amide bonds. The number of hydrogen-bond acceptors (Lipinski definition) is 1. The molecular weight excluding hydrogens is 350 g/mol. The normalized spacial score (nSPS) is 12.5. The molecule has 0 saturated carbocycles. The molecule has 2 aromatic rings. The first-order chi connectivity index (χ1) is 9.41. The second-order valence-corrected chi connectivity index (χ2v) is 5.75. The Kier molecular flexibility index (Phi) is 4.78. The van der Waals surface area contributed by atoms with Gasteiger partial charge in [-0.3, -0.25) is 0 Å². The Hall–Kier alpha value is -0.970. The molecule has 0 aliphatic heterocycles. The van der Waals surface area contributed by atoms with E-state index in [1.54, 1.807) is 25.1 Å². The fourth-order valence-corrected chi connectivity index (χ4v) is 2.61. The Morgan fingerprint density at radius 2 is 1.95 bits per heavy atom. The maximum atomic E-state index is 13.9. The van der Waals surface area contributed by atoms with Crippen molar-refractivity contribution in [2.75, 3.05) is 0 Å². The van der Waals surface area contributed by atoms with Crippen molar-refractivity contribution in [1.29, 1.82) is 0 Å². The van der Waals surface area contributed by atoms with Gasteiger partial charge >= 0.3 is 0 Å². The van der Waals surface area contributed by atoms with Gasteiger partial charge in [0.2, 0.25) is 0 Å². The first-order valence-electron chi connectivity index (χ1n) is 5.97. The van der Waals surface area contributed by atoms with E-state index in [-0.39, 0.29) is 16.5 Å². The predicted molar refractivity (Wildman–Crippen MR) is 78.9 cm³/mol. The molecule has 0 bridgehead atoms. The quantitative estimate of drug-likeness (QED) is 0.766. The molecule has 1 atom stereocenters. The van der Waals surface area contributed by atoms with Crippen LogP contribution in [0.15, 0.2) is 34.8 Å². The van der Waals surface area contributed by atoms with Crippen LogP contribution in [0.25, 0.3) is 0 Å². The summed E-state index contributed by atoms with van der Waals surface area (Å²) >= 11 is 9.11. The fraction of sp³-hybridized carbons (Fsp3) is 0.200. The van der Waals surface area contributed by atoms with Gasteiger partial charge in [0.25, 0.3) is 0 Å². The van der Waals surface area contributed by atoms with Gasteiger partial charge in [0.1, 0.15) is 11.6 Å². The molecule has 1 nitrogen and oxygen atoms in total. The van der Waals surface area contributed by atoms with Gasteiger partial charge in [-0.05, 0) is 46.1 Å². The molecule has 0 radical (unpaired) electrons. The van der Waals surface area contributed by atoms with Gasteiger partial charge in [0.15, 0.2) is 0 Å². The lowest BCUT2D eigenvalue weighted by atomic mass is 9.99. The summed E-state index contributed by atoms with van der Waals surface area (Å²) in [5.74, 6) is -1.39. The van der Waals surface area contributed by atoms with Crippen LogP contribution in [0.1, 0.15) is 22.8 Å². The van der Waals surface area contributed by atoms with Gasteiger partial charge in [-0.25, -0.2) is 8.78 Å². The molecule has 0 heterocycles. The molecule has 0 aliphatic carbocycles. The molecule has 20 heavy (non-hydrogen) atoms. The van der Waals surface area contributed by atoms with E-state index in [0.29, 0.717) is 10.6 Å². The highest BCUT2D eigenvalue weighted by molar-refractivity contribution is 9.10. The smallest absolute Gasteiger partial charge is 0.143 e. The lowest BCUT2D eigenvalue weighted by molar-refractivity contribution is 0.175. The first-order valence-corrected chi connectivity index (χ1v) is 7.14. The topological polar surface area (TPSA) is 20.2 Å². The van der Waals surface area contributed by atoms with E-state index in [1.165, 1.54) is 6.07 Å². The molecule has 0 fully saturated rings. The molecule has 0 saturated heterocycles. The van der Waals surface area contributed by atoms with Crippen LogP contribution in [0.3, 0.4) is 0 Å². The molecule has 106 valence electrons. The third-order valence-electron chi connectivity index (χ3n) is 3.12. The van der Waals surface area contributed by atoms with E-state index in [1.807, 2.05) is 0 Å². The summed E-state index contributed by atoms with van der Waals surface area (Å²) in [6.07, 6.45) is -1.25. The Bertz CT molecular complexity index is 646. The zero-order valence-corrected chi connectivity index (χ0v) is 13.0. The van der Waals surface area contributed by atoms with Crippen molar-refractivity contribution in [1.82, 2.24) is 0 Å². The monoisotopic (exact) mass is 360 g/mol. The summed E-state index contributed by atoms with van der Waals surface area (Å²) in [7, 11) is 0. The summed E-state index contributed by atoms with van der Waals surface area (Å²) in [6.45, 7) is 1.80. The Morgan fingerprint density at radius 1 is 1.25 bits per heavy atom. The SMILES string of the molecule is Cc1cccc(C(O)Cc2c(F)ccc(Br)c2F)c1Cl. The lowest BCUT2D eigenvalue weighted by Crippen LogP contribution is -2.07. The molecule has 0 spiro atoms. The Morgan fingerprint density at radius 3 is 2.65 bits per heavy atom. The van der Waals surface area contributed by atoms with Crippen LogP contribution in [0, 0.1) is 18.6 Å². The lowest BCUT2D eigenvalue weighted by Gasteiger charge is -2.15. The summed E-state index contributed by atoms with van der Waals surface area (Å²) in [4.78, 5) is 0. The van der Waals surface area contributed by atoms with Gasteiger partial charge in [-0.2, -0.15) is 0 Å². The zero-order valence-electron chi connectivity index (χ0n) is 10.6. The van der Waals surface area contributed by atoms with E-state index < -0.39 is 17.7 Å². The Balaban J connectivity index is 2.35. The zero-order chi connectivity index (χ0) is 14.9. The maximum Gasteiger partial charge on any atom is 0.143 e. The van der Waals surface area contributed by atoms with E-state index in [2.05, 4.69) is 15.9 Å². The first kappa shape index (κ1) is 15.4. The molecule has 5 heteroatoms. The second kappa shape index (κ2) is 6.20. The van der Waals surface area contributed by atoms with E-state index >= 15 is 0 Å².